The molecule has 0 saturated heterocycles. The van der Waals surface area contributed by atoms with Crippen LogP contribution in [0.4, 0.5) is 5.69 Å². The topological polar surface area (TPSA) is 77.2 Å². The highest BCUT2D eigenvalue weighted by Gasteiger charge is 2.33. The maximum atomic E-state index is 12.4. The number of nitrogens with two attached hydrogens (primary N) is 1. The summed E-state index contributed by atoms with van der Waals surface area (Å²) in [4.78, 5) is 12.4. The first-order valence-electron chi connectivity index (χ1n) is 6.99. The summed E-state index contributed by atoms with van der Waals surface area (Å²) >= 11 is 0. The molecule has 0 spiro atoms. The van der Waals surface area contributed by atoms with Crippen molar-refractivity contribution in [1.82, 2.24) is 0 Å². The lowest BCUT2D eigenvalue weighted by molar-refractivity contribution is -0.123. The summed E-state index contributed by atoms with van der Waals surface area (Å²) in [6, 6.07) is 7.11. The second-order valence-electron chi connectivity index (χ2n) is 6.85. The second-order valence-corrected chi connectivity index (χ2v) is 9.71. The van der Waals surface area contributed by atoms with Gasteiger partial charge in [0.15, 0.2) is 9.84 Å². The van der Waals surface area contributed by atoms with Crippen LogP contribution in [0.25, 0.3) is 0 Å². The van der Waals surface area contributed by atoms with Crippen molar-refractivity contribution >= 4 is 21.3 Å². The zero-order chi connectivity index (χ0) is 16.5. The second kappa shape index (κ2) is 5.79. The third-order valence-corrected chi connectivity index (χ3v) is 6.47. The average Bonchev–Trinajstić information content (AvgIpc) is 2.35. The number of sulfone groups is 1. The normalized spacial score (nSPS) is 13.2. The smallest absolute Gasteiger partial charge is 0.155 e. The van der Waals surface area contributed by atoms with Gasteiger partial charge >= 0.3 is 0 Å². The minimum absolute atomic E-state index is 0.0248. The fraction of sp³-hybridized carbons (Fsp3) is 0.562. The number of anilines is 1. The number of nitrogen functional groups attached to an aromatic ring is 1. The van der Waals surface area contributed by atoms with Gasteiger partial charge < -0.3 is 5.73 Å². The zero-order valence-corrected chi connectivity index (χ0v) is 14.3. The number of Topliss-reactive ketones (excluding diaryl/α,β-unsaturated/α-hetero) is 1. The SMILES string of the molecule is CC(C)(C(=O)CCS(=O)(=O)C(C)(C)C)c1ccc(N)cc1. The van der Waals surface area contributed by atoms with E-state index in [4.69, 9.17) is 5.73 Å². The van der Waals surface area contributed by atoms with E-state index >= 15 is 0 Å². The van der Waals surface area contributed by atoms with Crippen molar-refractivity contribution in [2.75, 3.05) is 11.5 Å². The molecule has 21 heavy (non-hydrogen) atoms. The van der Waals surface area contributed by atoms with Gasteiger partial charge in [0.2, 0.25) is 0 Å². The van der Waals surface area contributed by atoms with Gasteiger partial charge in [-0.3, -0.25) is 4.79 Å². The molecule has 0 aliphatic heterocycles. The Morgan fingerprint density at radius 1 is 1.05 bits per heavy atom. The molecule has 4 nitrogen and oxygen atoms in total. The number of hydrogen-bond acceptors (Lipinski definition) is 4. The van der Waals surface area contributed by atoms with Crippen LogP contribution in [0.15, 0.2) is 24.3 Å². The Balaban J connectivity index is 2.86. The molecular formula is C16H25NO3S. The van der Waals surface area contributed by atoms with Crippen LogP contribution in [0.1, 0.15) is 46.6 Å². The third kappa shape index (κ3) is 4.06. The summed E-state index contributed by atoms with van der Waals surface area (Å²) in [6.07, 6.45) is 0.0248. The Morgan fingerprint density at radius 2 is 1.52 bits per heavy atom. The molecule has 0 unspecified atom stereocenters. The predicted octanol–water partition coefficient (Wildman–Crippen LogP) is 2.72. The van der Waals surface area contributed by atoms with Crippen LogP contribution in [-0.4, -0.2) is 24.7 Å². The first-order valence-corrected chi connectivity index (χ1v) is 8.65. The van der Waals surface area contributed by atoms with E-state index in [9.17, 15) is 13.2 Å². The number of carbonyl (C=O) groups is 1. The van der Waals surface area contributed by atoms with Gasteiger partial charge in [0.1, 0.15) is 5.78 Å². The molecule has 1 aromatic carbocycles. The number of carbonyl (C=O) groups excluding carboxylic acids is 1. The number of benzene rings is 1. The summed E-state index contributed by atoms with van der Waals surface area (Å²) in [6.45, 7) is 8.57. The van der Waals surface area contributed by atoms with E-state index in [1.165, 1.54) is 0 Å². The average molecular weight is 311 g/mol. The highest BCUT2D eigenvalue weighted by Crippen LogP contribution is 2.27. The van der Waals surface area contributed by atoms with Gasteiger partial charge in [-0.1, -0.05) is 12.1 Å². The number of ketones is 1. The molecule has 0 fully saturated rings. The van der Waals surface area contributed by atoms with Crippen LogP contribution in [0.2, 0.25) is 0 Å². The van der Waals surface area contributed by atoms with Crippen molar-refractivity contribution in [3.8, 4) is 0 Å². The predicted molar refractivity (Wildman–Crippen MR) is 87.0 cm³/mol. The highest BCUT2D eigenvalue weighted by atomic mass is 32.2. The van der Waals surface area contributed by atoms with E-state index < -0.39 is 20.0 Å². The maximum Gasteiger partial charge on any atom is 0.155 e. The van der Waals surface area contributed by atoms with Crippen LogP contribution in [-0.2, 0) is 20.0 Å². The maximum absolute atomic E-state index is 12.4. The standard InChI is InChI=1S/C16H25NO3S/c1-15(2,3)21(19,20)11-10-14(18)16(4,5)12-6-8-13(17)9-7-12/h6-9H,10-11,17H2,1-5H3. The fourth-order valence-electron chi connectivity index (χ4n) is 1.91. The molecule has 0 bridgehead atoms. The van der Waals surface area contributed by atoms with Crippen LogP contribution >= 0.6 is 0 Å². The Kier molecular flexibility index (Phi) is 4.88. The van der Waals surface area contributed by atoms with Crippen molar-refractivity contribution in [1.29, 1.82) is 0 Å². The molecule has 0 aliphatic carbocycles. The lowest BCUT2D eigenvalue weighted by atomic mass is 9.79. The summed E-state index contributed by atoms with van der Waals surface area (Å²) in [5, 5.41) is 0. The summed E-state index contributed by atoms with van der Waals surface area (Å²) in [7, 11) is -3.28. The highest BCUT2D eigenvalue weighted by molar-refractivity contribution is 7.92. The first-order chi connectivity index (χ1) is 9.38. The van der Waals surface area contributed by atoms with Crippen molar-refractivity contribution in [3.05, 3.63) is 29.8 Å². The van der Waals surface area contributed by atoms with Crippen molar-refractivity contribution in [2.45, 2.75) is 51.2 Å². The zero-order valence-electron chi connectivity index (χ0n) is 13.4. The molecule has 0 atom stereocenters. The number of hydrogen-bond donors (Lipinski definition) is 1. The molecule has 1 rings (SSSR count). The lowest BCUT2D eigenvalue weighted by Gasteiger charge is -2.25. The lowest BCUT2D eigenvalue weighted by Crippen LogP contribution is -2.35. The molecule has 0 heterocycles. The Labute approximate surface area is 127 Å². The molecule has 0 saturated carbocycles. The minimum atomic E-state index is -3.28. The first kappa shape index (κ1) is 17.7. The van der Waals surface area contributed by atoms with E-state index in [-0.39, 0.29) is 18.0 Å². The van der Waals surface area contributed by atoms with Crippen molar-refractivity contribution in [2.24, 2.45) is 0 Å². The van der Waals surface area contributed by atoms with E-state index in [1.54, 1.807) is 32.9 Å². The monoisotopic (exact) mass is 311 g/mol. The molecular weight excluding hydrogens is 286 g/mol. The molecule has 118 valence electrons. The van der Waals surface area contributed by atoms with Gasteiger partial charge in [0, 0.05) is 17.5 Å². The third-order valence-electron chi connectivity index (χ3n) is 3.86. The van der Waals surface area contributed by atoms with E-state index in [0.717, 1.165) is 5.56 Å². The van der Waals surface area contributed by atoms with Crippen LogP contribution in [0, 0.1) is 0 Å². The molecule has 0 amide bonds. The molecule has 0 radical (unpaired) electrons. The molecule has 5 heteroatoms. The Morgan fingerprint density at radius 3 is 1.95 bits per heavy atom. The van der Waals surface area contributed by atoms with Crippen LogP contribution in [0.3, 0.4) is 0 Å². The summed E-state index contributed by atoms with van der Waals surface area (Å²) in [5.41, 5.74) is 6.40. The molecule has 2 N–H and O–H groups in total. The van der Waals surface area contributed by atoms with Gasteiger partial charge in [-0.05, 0) is 52.3 Å². The molecule has 1 aromatic rings. The minimum Gasteiger partial charge on any atom is -0.399 e. The number of rotatable bonds is 5. The van der Waals surface area contributed by atoms with Gasteiger partial charge in [-0.2, -0.15) is 0 Å². The van der Waals surface area contributed by atoms with Gasteiger partial charge in [-0.25, -0.2) is 8.42 Å². The van der Waals surface area contributed by atoms with Crippen molar-refractivity contribution in [3.63, 3.8) is 0 Å². The quantitative estimate of drug-likeness (QED) is 0.848. The van der Waals surface area contributed by atoms with Gasteiger partial charge in [-0.15, -0.1) is 0 Å². The Hall–Kier alpha value is -1.36. The molecule has 0 aliphatic rings. The van der Waals surface area contributed by atoms with Crippen molar-refractivity contribution < 1.29 is 13.2 Å². The summed E-state index contributed by atoms with van der Waals surface area (Å²) in [5.74, 6) is -0.201. The summed E-state index contributed by atoms with van der Waals surface area (Å²) < 4.78 is 23.4. The Bertz CT molecular complexity index is 608. The van der Waals surface area contributed by atoms with E-state index in [2.05, 4.69) is 0 Å². The van der Waals surface area contributed by atoms with E-state index in [1.807, 2.05) is 26.0 Å². The van der Waals surface area contributed by atoms with Crippen LogP contribution < -0.4 is 5.73 Å². The van der Waals surface area contributed by atoms with Crippen LogP contribution in [0.5, 0.6) is 0 Å². The van der Waals surface area contributed by atoms with Gasteiger partial charge in [0.25, 0.3) is 0 Å². The molecule has 0 aromatic heterocycles. The largest absolute Gasteiger partial charge is 0.399 e. The van der Waals surface area contributed by atoms with E-state index in [0.29, 0.717) is 5.69 Å². The van der Waals surface area contributed by atoms with Gasteiger partial charge in [0.05, 0.1) is 10.5 Å². The fourth-order valence-corrected chi connectivity index (χ4v) is 2.97.